The van der Waals surface area contributed by atoms with Gasteiger partial charge in [-0.2, -0.15) is 0 Å². The van der Waals surface area contributed by atoms with Crippen LogP contribution >= 0.6 is 0 Å². The zero-order valence-electron chi connectivity index (χ0n) is 19.5. The summed E-state index contributed by atoms with van der Waals surface area (Å²) >= 11 is 0. The molecule has 8 nitrogen and oxygen atoms in total. The number of oxazole rings is 1. The van der Waals surface area contributed by atoms with Crippen molar-refractivity contribution >= 4 is 33.6 Å². The standard InChI is InChI=1S/C26H29N5O3/c1-29-11-12-31(16-18(15-29)13-20-6-3-5-19-7-4-10-27-25(19)20)17-24(32)28-21-8-9-22-23(14-21)34-26(33)30(22)2/h3-10,14,18H,11-13,15-17H2,1-2H3,(H,28,32)/t18-/m0/s1. The van der Waals surface area contributed by atoms with E-state index in [-0.39, 0.29) is 5.91 Å². The largest absolute Gasteiger partial charge is 0.419 e. The molecule has 0 aliphatic carbocycles. The van der Waals surface area contributed by atoms with Crippen LogP contribution in [0.15, 0.2) is 63.9 Å². The van der Waals surface area contributed by atoms with Crippen LogP contribution in [0.2, 0.25) is 0 Å². The van der Waals surface area contributed by atoms with E-state index in [0.29, 0.717) is 29.2 Å². The van der Waals surface area contributed by atoms with Crippen LogP contribution in [0, 0.1) is 5.92 Å². The Morgan fingerprint density at radius 3 is 2.85 bits per heavy atom. The van der Waals surface area contributed by atoms with Gasteiger partial charge in [-0.1, -0.05) is 24.3 Å². The number of aryl methyl sites for hydroxylation is 1. The second-order valence-corrected chi connectivity index (χ2v) is 9.22. The highest BCUT2D eigenvalue weighted by Crippen LogP contribution is 2.22. The maximum Gasteiger partial charge on any atom is 0.419 e. The Bertz CT molecular complexity index is 1390. The zero-order valence-corrected chi connectivity index (χ0v) is 19.5. The molecule has 2 aromatic carbocycles. The van der Waals surface area contributed by atoms with E-state index in [2.05, 4.69) is 51.4 Å². The highest BCUT2D eigenvalue weighted by molar-refractivity contribution is 5.94. The molecule has 1 aliphatic rings. The van der Waals surface area contributed by atoms with Crippen LogP contribution in [0.5, 0.6) is 0 Å². The van der Waals surface area contributed by atoms with E-state index >= 15 is 0 Å². The highest BCUT2D eigenvalue weighted by atomic mass is 16.4. The van der Waals surface area contributed by atoms with Crippen molar-refractivity contribution in [3.63, 3.8) is 0 Å². The van der Waals surface area contributed by atoms with Gasteiger partial charge in [-0.3, -0.25) is 19.2 Å². The summed E-state index contributed by atoms with van der Waals surface area (Å²) in [5.74, 6) is -0.102. The number of aromatic nitrogens is 2. The fourth-order valence-corrected chi connectivity index (χ4v) is 4.89. The summed E-state index contributed by atoms with van der Waals surface area (Å²) in [6.07, 6.45) is 2.76. The first-order valence-corrected chi connectivity index (χ1v) is 11.6. The van der Waals surface area contributed by atoms with Gasteiger partial charge in [0.2, 0.25) is 5.91 Å². The molecule has 4 aromatic rings. The molecule has 34 heavy (non-hydrogen) atoms. The molecule has 0 spiro atoms. The predicted octanol–water partition coefficient (Wildman–Crippen LogP) is 2.72. The molecule has 5 rings (SSSR count). The number of hydrogen-bond donors (Lipinski definition) is 1. The van der Waals surface area contributed by atoms with Crippen molar-refractivity contribution in [2.45, 2.75) is 6.42 Å². The van der Waals surface area contributed by atoms with Crippen LogP contribution in [0.25, 0.3) is 22.0 Å². The molecule has 1 aliphatic heterocycles. The Labute approximate surface area is 197 Å². The Balaban J connectivity index is 1.27. The topological polar surface area (TPSA) is 83.6 Å². The molecule has 8 heteroatoms. The van der Waals surface area contributed by atoms with E-state index in [1.807, 2.05) is 12.3 Å². The lowest BCUT2D eigenvalue weighted by atomic mass is 9.96. The van der Waals surface area contributed by atoms with Gasteiger partial charge in [0.25, 0.3) is 0 Å². The molecular weight excluding hydrogens is 430 g/mol. The number of fused-ring (bicyclic) bond motifs is 2. The number of nitrogens with zero attached hydrogens (tertiary/aromatic N) is 4. The molecule has 0 bridgehead atoms. The predicted molar refractivity (Wildman–Crippen MR) is 133 cm³/mol. The molecule has 1 fully saturated rings. The Morgan fingerprint density at radius 1 is 1.12 bits per heavy atom. The van der Waals surface area contributed by atoms with Gasteiger partial charge in [0, 0.05) is 56.6 Å². The lowest BCUT2D eigenvalue weighted by Crippen LogP contribution is -2.37. The maximum absolute atomic E-state index is 12.8. The zero-order chi connectivity index (χ0) is 23.7. The van der Waals surface area contributed by atoms with Crippen LogP contribution in [0.3, 0.4) is 0 Å². The number of pyridine rings is 1. The molecule has 1 amide bonds. The van der Waals surface area contributed by atoms with Gasteiger partial charge < -0.3 is 14.6 Å². The van der Waals surface area contributed by atoms with Gasteiger partial charge in [-0.15, -0.1) is 0 Å². The molecule has 176 valence electrons. The first-order chi connectivity index (χ1) is 16.5. The van der Waals surface area contributed by atoms with Gasteiger partial charge in [-0.25, -0.2) is 4.79 Å². The summed E-state index contributed by atoms with van der Waals surface area (Å²) in [4.78, 5) is 33.7. The van der Waals surface area contributed by atoms with Crippen molar-refractivity contribution in [2.24, 2.45) is 13.0 Å². The summed E-state index contributed by atoms with van der Waals surface area (Å²) in [6.45, 7) is 3.88. The minimum atomic E-state index is -0.417. The van der Waals surface area contributed by atoms with E-state index < -0.39 is 5.76 Å². The first kappa shape index (κ1) is 22.3. The normalized spacial score (nSPS) is 17.8. The van der Waals surface area contributed by atoms with Crippen LogP contribution in [0.4, 0.5) is 5.69 Å². The lowest BCUT2D eigenvalue weighted by molar-refractivity contribution is -0.117. The third-order valence-electron chi connectivity index (χ3n) is 6.55. The molecule has 0 saturated carbocycles. The van der Waals surface area contributed by atoms with Crippen LogP contribution in [-0.2, 0) is 18.3 Å². The van der Waals surface area contributed by atoms with Crippen molar-refractivity contribution < 1.29 is 9.21 Å². The van der Waals surface area contributed by atoms with Crippen molar-refractivity contribution in [2.75, 3.05) is 45.1 Å². The van der Waals surface area contributed by atoms with Gasteiger partial charge in [-0.05, 0) is 43.1 Å². The van der Waals surface area contributed by atoms with Crippen molar-refractivity contribution in [1.82, 2.24) is 19.4 Å². The molecule has 1 atom stereocenters. The second-order valence-electron chi connectivity index (χ2n) is 9.22. The fraction of sp³-hybridized carbons (Fsp3) is 0.346. The van der Waals surface area contributed by atoms with E-state index in [0.717, 1.165) is 43.5 Å². The SMILES string of the molecule is CN1CCN(CC(=O)Nc2ccc3c(c2)oc(=O)n3C)C[C@@H](Cc2cccc3cccnc23)C1. The monoisotopic (exact) mass is 459 g/mol. The number of amides is 1. The number of hydrogen-bond acceptors (Lipinski definition) is 6. The number of nitrogens with one attached hydrogen (secondary N) is 1. The number of likely N-dealkylation sites (N-methyl/N-ethyl adjacent to an activating group) is 1. The summed E-state index contributed by atoms with van der Waals surface area (Å²) in [5.41, 5.74) is 4.09. The lowest BCUT2D eigenvalue weighted by Gasteiger charge is -2.24. The minimum absolute atomic E-state index is 0.0761. The molecule has 0 unspecified atom stereocenters. The van der Waals surface area contributed by atoms with Crippen LogP contribution in [0.1, 0.15) is 5.56 Å². The molecule has 0 radical (unpaired) electrons. The van der Waals surface area contributed by atoms with Crippen molar-refractivity contribution in [3.8, 4) is 0 Å². The first-order valence-electron chi connectivity index (χ1n) is 11.6. The number of benzene rings is 2. The number of para-hydroxylation sites is 1. The van der Waals surface area contributed by atoms with Gasteiger partial charge in [0.15, 0.2) is 5.58 Å². The summed E-state index contributed by atoms with van der Waals surface area (Å²) in [7, 11) is 3.80. The van der Waals surface area contributed by atoms with E-state index in [1.165, 1.54) is 10.1 Å². The minimum Gasteiger partial charge on any atom is -0.408 e. The van der Waals surface area contributed by atoms with Crippen LogP contribution < -0.4 is 11.1 Å². The summed E-state index contributed by atoms with van der Waals surface area (Å²) < 4.78 is 6.68. The maximum atomic E-state index is 12.8. The smallest absolute Gasteiger partial charge is 0.408 e. The molecular formula is C26H29N5O3. The number of anilines is 1. The quantitative estimate of drug-likeness (QED) is 0.494. The molecule has 3 heterocycles. The fourth-order valence-electron chi connectivity index (χ4n) is 4.89. The number of carbonyl (C=O) groups excluding carboxylic acids is 1. The van der Waals surface area contributed by atoms with E-state index in [1.54, 1.807) is 25.2 Å². The molecule has 1 N–H and O–H groups in total. The molecule has 1 saturated heterocycles. The van der Waals surface area contributed by atoms with Crippen molar-refractivity contribution in [1.29, 1.82) is 0 Å². The van der Waals surface area contributed by atoms with Gasteiger partial charge >= 0.3 is 5.76 Å². The number of rotatable bonds is 5. The Morgan fingerprint density at radius 2 is 1.97 bits per heavy atom. The Hall–Kier alpha value is -3.49. The second kappa shape index (κ2) is 9.40. The Kier molecular flexibility index (Phi) is 6.17. The average Bonchev–Trinajstić information content (AvgIpc) is 2.98. The van der Waals surface area contributed by atoms with Gasteiger partial charge in [0.05, 0.1) is 17.6 Å². The van der Waals surface area contributed by atoms with Crippen molar-refractivity contribution in [3.05, 3.63) is 70.8 Å². The third kappa shape index (κ3) is 4.73. The average molecular weight is 460 g/mol. The van der Waals surface area contributed by atoms with Gasteiger partial charge in [0.1, 0.15) is 0 Å². The highest BCUT2D eigenvalue weighted by Gasteiger charge is 2.23. The van der Waals surface area contributed by atoms with Crippen LogP contribution in [-0.4, -0.2) is 65.0 Å². The van der Waals surface area contributed by atoms with E-state index in [4.69, 9.17) is 4.42 Å². The summed E-state index contributed by atoms with van der Waals surface area (Å²) in [6, 6.07) is 15.7. The molecule has 2 aromatic heterocycles. The van der Waals surface area contributed by atoms with E-state index in [9.17, 15) is 9.59 Å². The third-order valence-corrected chi connectivity index (χ3v) is 6.55. The summed E-state index contributed by atoms with van der Waals surface area (Å²) in [5, 5.41) is 4.11. The number of carbonyl (C=O) groups is 1.